The first-order valence-electron chi connectivity index (χ1n) is 6.55. The van der Waals surface area contributed by atoms with Crippen molar-refractivity contribution in [3.8, 4) is 0 Å². The van der Waals surface area contributed by atoms with Crippen LogP contribution in [0.1, 0.15) is 29.7 Å². The first kappa shape index (κ1) is 13.5. The van der Waals surface area contributed by atoms with Crippen LogP contribution in [0.2, 0.25) is 0 Å². The number of benzene rings is 1. The Morgan fingerprint density at radius 1 is 1.39 bits per heavy atom. The summed E-state index contributed by atoms with van der Waals surface area (Å²) in [5, 5.41) is 12.9. The minimum atomic E-state index is -0.0635. The first-order valence-corrected chi connectivity index (χ1v) is 6.55. The van der Waals surface area contributed by atoms with Gasteiger partial charge in [0.05, 0.1) is 25.2 Å². The molecule has 0 aromatic heterocycles. The standard InChI is InChI=1S/C15H23NO2/c1-11-4-5-12(2)14(6-11)13(3)16-7-15(8-17)9-18-10-15/h4-6,13,16-17H,7-10H2,1-3H3. The van der Waals surface area contributed by atoms with Gasteiger partial charge in [-0.15, -0.1) is 0 Å². The van der Waals surface area contributed by atoms with E-state index in [4.69, 9.17) is 4.74 Å². The third-order valence-corrected chi connectivity index (χ3v) is 3.84. The molecular formula is C15H23NO2. The summed E-state index contributed by atoms with van der Waals surface area (Å²) in [6.45, 7) is 8.75. The third kappa shape index (κ3) is 2.74. The average Bonchev–Trinajstić information content (AvgIpc) is 2.31. The molecule has 1 saturated heterocycles. The molecule has 0 spiro atoms. The molecule has 0 saturated carbocycles. The molecule has 1 aromatic rings. The van der Waals surface area contributed by atoms with Crippen LogP contribution in [0.5, 0.6) is 0 Å². The van der Waals surface area contributed by atoms with Crippen molar-refractivity contribution in [2.75, 3.05) is 26.4 Å². The van der Waals surface area contributed by atoms with Crippen molar-refractivity contribution in [1.29, 1.82) is 0 Å². The summed E-state index contributed by atoms with van der Waals surface area (Å²) in [6, 6.07) is 6.84. The molecule has 1 fully saturated rings. The Morgan fingerprint density at radius 2 is 2.11 bits per heavy atom. The summed E-state index contributed by atoms with van der Waals surface area (Å²) in [7, 11) is 0. The van der Waals surface area contributed by atoms with Gasteiger partial charge in [0.15, 0.2) is 0 Å². The quantitative estimate of drug-likeness (QED) is 0.838. The molecule has 0 bridgehead atoms. The fourth-order valence-corrected chi connectivity index (χ4v) is 2.35. The predicted molar refractivity (Wildman–Crippen MR) is 72.7 cm³/mol. The van der Waals surface area contributed by atoms with Crippen molar-refractivity contribution in [2.45, 2.75) is 26.8 Å². The fraction of sp³-hybridized carbons (Fsp3) is 0.600. The molecule has 1 atom stereocenters. The number of aliphatic hydroxyl groups excluding tert-OH is 1. The Morgan fingerprint density at radius 3 is 2.67 bits per heavy atom. The lowest BCUT2D eigenvalue weighted by Gasteiger charge is -2.40. The highest BCUT2D eigenvalue weighted by molar-refractivity contribution is 5.32. The smallest absolute Gasteiger partial charge is 0.0579 e. The van der Waals surface area contributed by atoms with Crippen LogP contribution in [0.3, 0.4) is 0 Å². The van der Waals surface area contributed by atoms with Crippen LogP contribution in [0, 0.1) is 19.3 Å². The zero-order chi connectivity index (χ0) is 13.2. The van der Waals surface area contributed by atoms with Crippen LogP contribution < -0.4 is 5.32 Å². The van der Waals surface area contributed by atoms with Gasteiger partial charge in [-0.3, -0.25) is 0 Å². The van der Waals surface area contributed by atoms with Crippen LogP contribution in [-0.2, 0) is 4.74 Å². The maximum Gasteiger partial charge on any atom is 0.0579 e. The van der Waals surface area contributed by atoms with E-state index in [-0.39, 0.29) is 12.0 Å². The molecule has 18 heavy (non-hydrogen) atoms. The highest BCUT2D eigenvalue weighted by Gasteiger charge is 2.38. The molecule has 1 aromatic carbocycles. The van der Waals surface area contributed by atoms with Gasteiger partial charge in [-0.2, -0.15) is 0 Å². The highest BCUT2D eigenvalue weighted by atomic mass is 16.5. The second kappa shape index (κ2) is 5.39. The molecule has 1 unspecified atom stereocenters. The first-order chi connectivity index (χ1) is 8.56. The highest BCUT2D eigenvalue weighted by Crippen LogP contribution is 2.27. The number of aryl methyl sites for hydroxylation is 2. The monoisotopic (exact) mass is 249 g/mol. The lowest BCUT2D eigenvalue weighted by Crippen LogP contribution is -2.52. The molecule has 0 radical (unpaired) electrons. The van der Waals surface area contributed by atoms with Gasteiger partial charge in [0.25, 0.3) is 0 Å². The Labute approximate surface area is 109 Å². The van der Waals surface area contributed by atoms with Gasteiger partial charge in [0.1, 0.15) is 0 Å². The molecule has 2 rings (SSSR count). The summed E-state index contributed by atoms with van der Waals surface area (Å²) in [4.78, 5) is 0. The molecule has 3 nitrogen and oxygen atoms in total. The van der Waals surface area contributed by atoms with Gasteiger partial charge < -0.3 is 15.2 Å². The van der Waals surface area contributed by atoms with E-state index in [1.807, 2.05) is 0 Å². The third-order valence-electron chi connectivity index (χ3n) is 3.84. The van der Waals surface area contributed by atoms with E-state index in [1.54, 1.807) is 0 Å². The van der Waals surface area contributed by atoms with Crippen LogP contribution in [0.25, 0.3) is 0 Å². The van der Waals surface area contributed by atoms with E-state index in [2.05, 4.69) is 44.3 Å². The van der Waals surface area contributed by atoms with Crippen LogP contribution in [0.4, 0.5) is 0 Å². The number of ether oxygens (including phenoxy) is 1. The largest absolute Gasteiger partial charge is 0.396 e. The van der Waals surface area contributed by atoms with Crippen molar-refractivity contribution in [1.82, 2.24) is 5.32 Å². The number of rotatable bonds is 5. The van der Waals surface area contributed by atoms with Gasteiger partial charge in [-0.05, 0) is 31.9 Å². The molecule has 1 aliphatic heterocycles. The zero-order valence-corrected chi connectivity index (χ0v) is 11.5. The van der Waals surface area contributed by atoms with Crippen molar-refractivity contribution in [3.63, 3.8) is 0 Å². The van der Waals surface area contributed by atoms with Crippen molar-refractivity contribution >= 4 is 0 Å². The van der Waals surface area contributed by atoms with Gasteiger partial charge in [0.2, 0.25) is 0 Å². The summed E-state index contributed by atoms with van der Waals surface area (Å²) in [6.07, 6.45) is 0. The van der Waals surface area contributed by atoms with Crippen molar-refractivity contribution in [2.24, 2.45) is 5.41 Å². The summed E-state index contributed by atoms with van der Waals surface area (Å²) in [5.41, 5.74) is 3.87. The number of nitrogens with one attached hydrogen (secondary N) is 1. The molecule has 2 N–H and O–H groups in total. The molecule has 1 heterocycles. The summed E-state index contributed by atoms with van der Waals surface area (Å²) < 4.78 is 5.21. The Bertz CT molecular complexity index is 407. The van der Waals surface area contributed by atoms with E-state index in [0.717, 1.165) is 6.54 Å². The Kier molecular flexibility index (Phi) is 4.05. The van der Waals surface area contributed by atoms with Gasteiger partial charge in [0, 0.05) is 12.6 Å². The molecule has 100 valence electrons. The van der Waals surface area contributed by atoms with Crippen LogP contribution >= 0.6 is 0 Å². The van der Waals surface area contributed by atoms with Crippen molar-refractivity contribution in [3.05, 3.63) is 34.9 Å². The minimum absolute atomic E-state index is 0.0635. The predicted octanol–water partition coefficient (Wildman–Crippen LogP) is 1.96. The van der Waals surface area contributed by atoms with E-state index in [0.29, 0.717) is 19.3 Å². The topological polar surface area (TPSA) is 41.5 Å². The second-order valence-corrected chi connectivity index (χ2v) is 5.61. The number of hydrogen-bond acceptors (Lipinski definition) is 3. The van der Waals surface area contributed by atoms with Gasteiger partial charge in [-0.25, -0.2) is 0 Å². The lowest BCUT2D eigenvalue weighted by molar-refractivity contribution is -0.135. The molecule has 1 aliphatic rings. The van der Waals surface area contributed by atoms with E-state index in [9.17, 15) is 5.11 Å². The maximum absolute atomic E-state index is 9.40. The molecule has 3 heteroatoms. The molecular weight excluding hydrogens is 226 g/mol. The zero-order valence-electron chi connectivity index (χ0n) is 11.5. The van der Waals surface area contributed by atoms with Gasteiger partial charge >= 0.3 is 0 Å². The lowest BCUT2D eigenvalue weighted by atomic mass is 9.86. The Hall–Kier alpha value is -0.900. The van der Waals surface area contributed by atoms with Crippen molar-refractivity contribution < 1.29 is 9.84 Å². The molecule has 0 aliphatic carbocycles. The van der Waals surface area contributed by atoms with Gasteiger partial charge in [-0.1, -0.05) is 23.8 Å². The molecule has 0 amide bonds. The summed E-state index contributed by atoms with van der Waals surface area (Å²) in [5.74, 6) is 0. The summed E-state index contributed by atoms with van der Waals surface area (Å²) >= 11 is 0. The van der Waals surface area contributed by atoms with E-state index in [1.165, 1.54) is 16.7 Å². The second-order valence-electron chi connectivity index (χ2n) is 5.61. The normalized spacial score (nSPS) is 19.3. The minimum Gasteiger partial charge on any atom is -0.396 e. The Balaban J connectivity index is 1.99. The van der Waals surface area contributed by atoms with Crippen LogP contribution in [0.15, 0.2) is 18.2 Å². The fourth-order valence-electron chi connectivity index (χ4n) is 2.35. The maximum atomic E-state index is 9.40. The number of aliphatic hydroxyl groups is 1. The van der Waals surface area contributed by atoms with E-state index < -0.39 is 0 Å². The van der Waals surface area contributed by atoms with Crippen LogP contribution in [-0.4, -0.2) is 31.5 Å². The van der Waals surface area contributed by atoms with E-state index >= 15 is 0 Å². The number of hydrogen-bond donors (Lipinski definition) is 2. The average molecular weight is 249 g/mol. The SMILES string of the molecule is Cc1ccc(C)c(C(C)NCC2(CO)COC2)c1.